The average molecular weight is 410 g/mol. The summed E-state index contributed by atoms with van der Waals surface area (Å²) in [4.78, 5) is 23.1. The quantitative estimate of drug-likeness (QED) is 0.298. The van der Waals surface area contributed by atoms with E-state index in [4.69, 9.17) is 9.47 Å². The van der Waals surface area contributed by atoms with Gasteiger partial charge >= 0.3 is 11.8 Å². The first-order chi connectivity index (χ1) is 12.0. The Morgan fingerprint density at radius 1 is 1.36 bits per heavy atom. The van der Waals surface area contributed by atoms with Crippen LogP contribution in [0, 0.1) is 0 Å². The van der Waals surface area contributed by atoms with Gasteiger partial charge in [0, 0.05) is 6.04 Å². The monoisotopic (exact) mass is 409 g/mol. The molecule has 1 aliphatic carbocycles. The lowest BCUT2D eigenvalue weighted by Gasteiger charge is -2.13. The van der Waals surface area contributed by atoms with Gasteiger partial charge in [-0.1, -0.05) is 12.7 Å². The van der Waals surface area contributed by atoms with Crippen LogP contribution in [0.25, 0.3) is 0 Å². The van der Waals surface area contributed by atoms with Crippen LogP contribution in [-0.2, 0) is 9.59 Å². The maximum Gasteiger partial charge on any atom is 0.329 e. The van der Waals surface area contributed by atoms with Gasteiger partial charge in [-0.3, -0.25) is 9.59 Å². The van der Waals surface area contributed by atoms with Crippen LogP contribution < -0.4 is 20.2 Å². The lowest BCUT2D eigenvalue weighted by atomic mass is 10.2. The van der Waals surface area contributed by atoms with Crippen molar-refractivity contribution in [3.8, 4) is 11.5 Å². The zero-order valence-electron chi connectivity index (χ0n) is 13.9. The Hall–Kier alpha value is -2.35. The maximum atomic E-state index is 11.6. The molecule has 0 aliphatic heterocycles. The number of nitrogens with zero attached hydrogens (tertiary/aromatic N) is 1. The van der Waals surface area contributed by atoms with Crippen molar-refractivity contribution in [1.29, 1.82) is 0 Å². The molecule has 0 atom stereocenters. The smallest absolute Gasteiger partial charge is 0.329 e. The molecule has 0 unspecified atom stereocenters. The minimum absolute atomic E-state index is 0.120. The third-order valence-electron chi connectivity index (χ3n) is 3.18. The van der Waals surface area contributed by atoms with Crippen LogP contribution in [0.3, 0.4) is 0 Å². The number of nitrogens with one attached hydrogen (secondary N) is 2. The van der Waals surface area contributed by atoms with E-state index in [1.165, 1.54) is 6.21 Å². The van der Waals surface area contributed by atoms with Crippen LogP contribution >= 0.6 is 15.9 Å². The molecule has 2 amide bonds. The SMILES string of the molecule is C=CCOc1c(Br)cc(/C=N\NC(=O)C(=O)NC2CC2)cc1OCC. The van der Waals surface area contributed by atoms with Crippen molar-refractivity contribution in [2.45, 2.75) is 25.8 Å². The first-order valence-electron chi connectivity index (χ1n) is 7.89. The van der Waals surface area contributed by atoms with E-state index in [2.05, 4.69) is 38.4 Å². The zero-order chi connectivity index (χ0) is 18.2. The molecule has 7 nitrogen and oxygen atoms in total. The summed E-state index contributed by atoms with van der Waals surface area (Å²) in [6.07, 6.45) is 4.89. The Kier molecular flexibility index (Phi) is 7.00. The first-order valence-corrected chi connectivity index (χ1v) is 8.68. The minimum atomic E-state index is -0.793. The van der Waals surface area contributed by atoms with Gasteiger partial charge in [0.25, 0.3) is 0 Å². The van der Waals surface area contributed by atoms with E-state index in [1.54, 1.807) is 18.2 Å². The fourth-order valence-corrected chi connectivity index (χ4v) is 2.48. The summed E-state index contributed by atoms with van der Waals surface area (Å²) in [6, 6.07) is 3.61. The number of benzene rings is 1. The summed E-state index contributed by atoms with van der Waals surface area (Å²) in [5, 5.41) is 6.39. The summed E-state index contributed by atoms with van der Waals surface area (Å²) in [5.41, 5.74) is 2.87. The Bertz CT molecular complexity index is 687. The minimum Gasteiger partial charge on any atom is -0.490 e. The third kappa shape index (κ3) is 5.90. The van der Waals surface area contributed by atoms with Crippen molar-refractivity contribution in [3.05, 3.63) is 34.8 Å². The molecule has 1 aliphatic rings. The molecule has 2 rings (SSSR count). The Labute approximate surface area is 154 Å². The molecule has 134 valence electrons. The van der Waals surface area contributed by atoms with Crippen LogP contribution in [0.15, 0.2) is 34.4 Å². The van der Waals surface area contributed by atoms with Crippen molar-refractivity contribution >= 4 is 34.0 Å². The number of carbonyl (C=O) groups excluding carboxylic acids is 2. The van der Waals surface area contributed by atoms with Crippen LogP contribution in [0.5, 0.6) is 11.5 Å². The highest BCUT2D eigenvalue weighted by atomic mass is 79.9. The van der Waals surface area contributed by atoms with Crippen LogP contribution in [0.4, 0.5) is 0 Å². The Balaban J connectivity index is 2.03. The number of hydrogen-bond acceptors (Lipinski definition) is 5. The molecule has 1 aromatic rings. The van der Waals surface area contributed by atoms with Gasteiger partial charge in [-0.2, -0.15) is 5.10 Å². The van der Waals surface area contributed by atoms with Gasteiger partial charge in [0.05, 0.1) is 17.3 Å². The van der Waals surface area contributed by atoms with Crippen molar-refractivity contribution in [3.63, 3.8) is 0 Å². The number of rotatable bonds is 8. The second-order valence-electron chi connectivity index (χ2n) is 5.31. The molecule has 0 spiro atoms. The van der Waals surface area contributed by atoms with Gasteiger partial charge in [-0.05, 0) is 53.4 Å². The van der Waals surface area contributed by atoms with E-state index in [0.717, 1.165) is 12.8 Å². The molecule has 0 saturated heterocycles. The number of halogens is 1. The van der Waals surface area contributed by atoms with E-state index >= 15 is 0 Å². The van der Waals surface area contributed by atoms with Crippen molar-refractivity contribution < 1.29 is 19.1 Å². The van der Waals surface area contributed by atoms with E-state index in [9.17, 15) is 9.59 Å². The summed E-state index contributed by atoms with van der Waals surface area (Å²) in [6.45, 7) is 6.30. The number of hydrogen-bond donors (Lipinski definition) is 2. The lowest BCUT2D eigenvalue weighted by Crippen LogP contribution is -2.38. The van der Waals surface area contributed by atoms with Gasteiger partial charge in [0.2, 0.25) is 0 Å². The van der Waals surface area contributed by atoms with Gasteiger partial charge < -0.3 is 14.8 Å². The molecule has 2 N–H and O–H groups in total. The van der Waals surface area contributed by atoms with Crippen molar-refractivity contribution in [2.24, 2.45) is 5.10 Å². The van der Waals surface area contributed by atoms with Crippen LogP contribution in [-0.4, -0.2) is 37.3 Å². The van der Waals surface area contributed by atoms with E-state index in [-0.39, 0.29) is 6.04 Å². The highest BCUT2D eigenvalue weighted by molar-refractivity contribution is 9.10. The Morgan fingerprint density at radius 3 is 2.76 bits per heavy atom. The molecule has 8 heteroatoms. The molecule has 25 heavy (non-hydrogen) atoms. The largest absolute Gasteiger partial charge is 0.490 e. The van der Waals surface area contributed by atoms with Gasteiger partial charge in [-0.15, -0.1) is 0 Å². The summed E-state index contributed by atoms with van der Waals surface area (Å²) in [5.74, 6) is -0.369. The molecule has 1 saturated carbocycles. The molecular weight excluding hydrogens is 390 g/mol. The third-order valence-corrected chi connectivity index (χ3v) is 3.76. The number of amides is 2. The number of carbonyl (C=O) groups is 2. The molecule has 0 bridgehead atoms. The van der Waals surface area contributed by atoms with Gasteiger partial charge in [0.1, 0.15) is 6.61 Å². The normalized spacial score (nSPS) is 13.4. The zero-order valence-corrected chi connectivity index (χ0v) is 15.5. The highest BCUT2D eigenvalue weighted by Crippen LogP contribution is 2.36. The fraction of sp³-hybridized carbons (Fsp3) is 0.353. The Morgan fingerprint density at radius 2 is 2.12 bits per heavy atom. The van der Waals surface area contributed by atoms with Crippen LogP contribution in [0.2, 0.25) is 0 Å². The van der Waals surface area contributed by atoms with E-state index in [0.29, 0.717) is 34.7 Å². The molecule has 0 aromatic heterocycles. The summed E-state index contributed by atoms with van der Waals surface area (Å²) in [7, 11) is 0. The highest BCUT2D eigenvalue weighted by Gasteiger charge is 2.26. The average Bonchev–Trinajstić information content (AvgIpc) is 3.38. The second-order valence-corrected chi connectivity index (χ2v) is 6.16. The predicted molar refractivity (Wildman–Crippen MR) is 97.9 cm³/mol. The fourth-order valence-electron chi connectivity index (χ4n) is 1.90. The van der Waals surface area contributed by atoms with Crippen LogP contribution in [0.1, 0.15) is 25.3 Å². The first kappa shape index (κ1) is 19.0. The standard InChI is InChI=1S/C17H20BrN3O4/c1-3-7-25-15-13(18)8-11(9-14(15)24-4-2)10-19-21-17(23)16(22)20-12-5-6-12/h3,8-10,12H,1,4-7H2,2H3,(H,20,22)(H,21,23)/b19-10-. The lowest BCUT2D eigenvalue weighted by molar-refractivity contribution is -0.139. The van der Waals surface area contributed by atoms with E-state index < -0.39 is 11.8 Å². The second kappa shape index (κ2) is 9.22. The topological polar surface area (TPSA) is 89.0 Å². The molecular formula is C17H20BrN3O4. The van der Waals surface area contributed by atoms with Crippen molar-refractivity contribution in [1.82, 2.24) is 10.7 Å². The summed E-state index contributed by atoms with van der Waals surface area (Å²) < 4.78 is 11.8. The van der Waals surface area contributed by atoms with Gasteiger partial charge in [0.15, 0.2) is 11.5 Å². The van der Waals surface area contributed by atoms with Gasteiger partial charge in [-0.25, -0.2) is 5.43 Å². The van der Waals surface area contributed by atoms with Crippen molar-refractivity contribution in [2.75, 3.05) is 13.2 Å². The number of hydrazone groups is 1. The number of ether oxygens (including phenoxy) is 2. The molecule has 0 heterocycles. The molecule has 1 aromatic carbocycles. The summed E-state index contributed by atoms with van der Waals surface area (Å²) >= 11 is 3.42. The molecule has 0 radical (unpaired) electrons. The maximum absolute atomic E-state index is 11.6. The van der Waals surface area contributed by atoms with E-state index in [1.807, 2.05) is 6.92 Å². The predicted octanol–water partition coefficient (Wildman–Crippen LogP) is 2.14. The molecule has 1 fully saturated rings.